The second-order valence-corrected chi connectivity index (χ2v) is 11.1. The molecule has 2 aliphatic carbocycles. The molecule has 2 N–H and O–H groups in total. The van der Waals surface area contributed by atoms with E-state index in [1.54, 1.807) is 16.9 Å². The Bertz CT molecular complexity index is 1140. The summed E-state index contributed by atoms with van der Waals surface area (Å²) in [4.78, 5) is 26.9. The zero-order chi connectivity index (χ0) is 25.3. The molecule has 0 radical (unpaired) electrons. The average Bonchev–Trinajstić information content (AvgIpc) is 3.50. The molecule has 36 heavy (non-hydrogen) atoms. The number of nitrogens with one attached hydrogen (secondary N) is 2. The largest absolute Gasteiger partial charge is 0.381 e. The zero-order valence-electron chi connectivity index (χ0n) is 21.6. The number of carbonyl (C=O) groups excluding carboxylic acids is 2. The van der Waals surface area contributed by atoms with Gasteiger partial charge in [0.25, 0.3) is 5.91 Å². The van der Waals surface area contributed by atoms with Crippen LogP contribution in [0, 0.1) is 11.8 Å². The van der Waals surface area contributed by atoms with Gasteiger partial charge in [0, 0.05) is 36.6 Å². The van der Waals surface area contributed by atoms with E-state index in [2.05, 4.69) is 46.9 Å². The molecule has 192 valence electrons. The van der Waals surface area contributed by atoms with Crippen LogP contribution in [0.3, 0.4) is 0 Å². The molecule has 5 rings (SSSR count). The summed E-state index contributed by atoms with van der Waals surface area (Å²) in [5.41, 5.74) is 3.78. The number of aromatic nitrogens is 2. The Kier molecular flexibility index (Phi) is 7.02. The van der Waals surface area contributed by atoms with Crippen molar-refractivity contribution in [1.29, 1.82) is 0 Å². The first kappa shape index (κ1) is 24.8. The lowest BCUT2D eigenvalue weighted by Crippen LogP contribution is -2.49. The molecule has 1 saturated carbocycles. The summed E-state index contributed by atoms with van der Waals surface area (Å²) in [6, 6.07) is 7.38. The van der Waals surface area contributed by atoms with E-state index in [1.807, 2.05) is 19.9 Å². The summed E-state index contributed by atoms with van der Waals surface area (Å²) in [6.07, 6.45) is 12.1. The molecule has 1 spiro atoms. The van der Waals surface area contributed by atoms with E-state index in [9.17, 15) is 9.59 Å². The highest BCUT2D eigenvalue weighted by molar-refractivity contribution is 6.01. The fourth-order valence-corrected chi connectivity index (χ4v) is 6.10. The minimum absolute atomic E-state index is 0.0574. The molecule has 2 heterocycles. The van der Waals surface area contributed by atoms with Crippen molar-refractivity contribution in [3.05, 3.63) is 53.4 Å². The van der Waals surface area contributed by atoms with Crippen LogP contribution >= 0.6 is 0 Å². The lowest BCUT2D eigenvalue weighted by molar-refractivity contribution is -0.119. The number of benzene rings is 1. The zero-order valence-corrected chi connectivity index (χ0v) is 21.6. The predicted molar refractivity (Wildman–Crippen MR) is 141 cm³/mol. The lowest BCUT2D eigenvalue weighted by atomic mass is 9.76. The third kappa shape index (κ3) is 4.85. The Morgan fingerprint density at radius 3 is 2.58 bits per heavy atom. The number of carbonyl (C=O) groups is 2. The van der Waals surface area contributed by atoms with Crippen LogP contribution in [0.2, 0.25) is 0 Å². The van der Waals surface area contributed by atoms with Gasteiger partial charge in [-0.3, -0.25) is 14.3 Å². The van der Waals surface area contributed by atoms with E-state index in [0.29, 0.717) is 11.6 Å². The van der Waals surface area contributed by atoms with Crippen LogP contribution in [0.1, 0.15) is 87.0 Å². The number of allylic oxidation sites excluding steroid dienone is 1. The van der Waals surface area contributed by atoms with Crippen LogP contribution in [-0.4, -0.2) is 40.9 Å². The van der Waals surface area contributed by atoms with E-state index in [0.717, 1.165) is 63.0 Å². The van der Waals surface area contributed by atoms with Crippen LogP contribution in [0.25, 0.3) is 6.08 Å². The molecule has 7 heteroatoms. The number of hydrogen-bond donors (Lipinski definition) is 2. The van der Waals surface area contributed by atoms with Crippen LogP contribution in [0.5, 0.6) is 0 Å². The first-order chi connectivity index (χ1) is 17.4. The Hall–Kier alpha value is -2.93. The third-order valence-corrected chi connectivity index (χ3v) is 8.32. The highest BCUT2D eigenvalue weighted by atomic mass is 16.5. The van der Waals surface area contributed by atoms with Crippen molar-refractivity contribution in [3.8, 4) is 0 Å². The molecule has 0 unspecified atom stereocenters. The van der Waals surface area contributed by atoms with Crippen molar-refractivity contribution in [3.63, 3.8) is 0 Å². The number of ether oxygens (including phenoxy) is 1. The standard InChI is InChI=1S/C29H38N4O3/c1-19(2)33-25(11-15-30-33)27(34)32-26(21-6-4-20(3)5-7-21)28(35)31-23-8-9-24-22(18-23)10-12-29(24)13-16-36-17-14-29/h8-12,15,18-21,26H,4-7,13-14,16-17H2,1-3H3,(H,31,35)(H,32,34)/t20?,21?,26-/m0/s1. The van der Waals surface area contributed by atoms with Crippen molar-refractivity contribution in [2.45, 2.75) is 76.8 Å². The minimum atomic E-state index is -0.592. The number of rotatable bonds is 6. The number of nitrogens with zero attached hydrogens (tertiary/aromatic N) is 2. The summed E-state index contributed by atoms with van der Waals surface area (Å²) < 4.78 is 7.29. The van der Waals surface area contributed by atoms with Gasteiger partial charge in [0.2, 0.25) is 5.91 Å². The molecule has 1 aliphatic heterocycles. The lowest BCUT2D eigenvalue weighted by Gasteiger charge is -2.33. The van der Waals surface area contributed by atoms with Crippen LogP contribution in [-0.2, 0) is 14.9 Å². The minimum Gasteiger partial charge on any atom is -0.381 e. The number of hydrogen-bond acceptors (Lipinski definition) is 4. The summed E-state index contributed by atoms with van der Waals surface area (Å²) in [5.74, 6) is 0.365. The fraction of sp³-hybridized carbons (Fsp3) is 0.552. The van der Waals surface area contributed by atoms with Gasteiger partial charge in [0.1, 0.15) is 11.7 Å². The Labute approximate surface area is 213 Å². The average molecular weight is 491 g/mol. The van der Waals surface area contributed by atoms with Gasteiger partial charge in [-0.25, -0.2) is 0 Å². The summed E-state index contributed by atoms with van der Waals surface area (Å²) in [7, 11) is 0. The van der Waals surface area contributed by atoms with Gasteiger partial charge in [-0.2, -0.15) is 5.10 Å². The monoisotopic (exact) mass is 490 g/mol. The summed E-state index contributed by atoms with van der Waals surface area (Å²) >= 11 is 0. The SMILES string of the molecule is CC1CCC([C@H](NC(=O)c2ccnn2C(C)C)C(=O)Nc2ccc3c(c2)C=CC32CCOCC2)CC1. The van der Waals surface area contributed by atoms with E-state index in [4.69, 9.17) is 4.74 Å². The molecular weight excluding hydrogens is 452 g/mol. The van der Waals surface area contributed by atoms with Crippen molar-refractivity contribution in [1.82, 2.24) is 15.1 Å². The van der Waals surface area contributed by atoms with Gasteiger partial charge in [0.05, 0.1) is 0 Å². The molecule has 1 saturated heterocycles. The fourth-order valence-electron chi connectivity index (χ4n) is 6.10. The topological polar surface area (TPSA) is 85.2 Å². The molecule has 1 atom stereocenters. The maximum absolute atomic E-state index is 13.6. The maximum atomic E-state index is 13.6. The number of fused-ring (bicyclic) bond motifs is 2. The third-order valence-electron chi connectivity index (χ3n) is 8.32. The number of anilines is 1. The summed E-state index contributed by atoms with van der Waals surface area (Å²) in [5, 5.41) is 10.5. The Balaban J connectivity index is 1.34. The Morgan fingerprint density at radius 1 is 1.11 bits per heavy atom. The smallest absolute Gasteiger partial charge is 0.270 e. The highest BCUT2D eigenvalue weighted by Crippen LogP contribution is 2.44. The van der Waals surface area contributed by atoms with E-state index < -0.39 is 6.04 Å². The quantitative estimate of drug-likeness (QED) is 0.590. The molecular formula is C29H38N4O3. The maximum Gasteiger partial charge on any atom is 0.270 e. The summed E-state index contributed by atoms with van der Waals surface area (Å²) in [6.45, 7) is 7.79. The molecule has 0 bridgehead atoms. The molecule has 2 amide bonds. The predicted octanol–water partition coefficient (Wildman–Crippen LogP) is 5.10. The van der Waals surface area contributed by atoms with Crippen molar-refractivity contribution < 1.29 is 14.3 Å². The van der Waals surface area contributed by atoms with Gasteiger partial charge >= 0.3 is 0 Å². The van der Waals surface area contributed by atoms with Crippen molar-refractivity contribution in [2.24, 2.45) is 11.8 Å². The first-order valence-corrected chi connectivity index (χ1v) is 13.4. The second-order valence-electron chi connectivity index (χ2n) is 11.1. The van der Waals surface area contributed by atoms with Crippen molar-refractivity contribution >= 4 is 23.6 Å². The van der Waals surface area contributed by atoms with E-state index in [-0.39, 0.29) is 29.2 Å². The molecule has 3 aliphatic rings. The van der Waals surface area contributed by atoms with Crippen LogP contribution < -0.4 is 10.6 Å². The van der Waals surface area contributed by atoms with Gasteiger partial charge in [-0.1, -0.05) is 38.0 Å². The van der Waals surface area contributed by atoms with Gasteiger partial charge < -0.3 is 15.4 Å². The van der Waals surface area contributed by atoms with Gasteiger partial charge in [-0.15, -0.1) is 0 Å². The molecule has 2 fully saturated rings. The number of amides is 2. The molecule has 7 nitrogen and oxygen atoms in total. The molecule has 1 aromatic carbocycles. The normalized spacial score (nSPS) is 23.4. The van der Waals surface area contributed by atoms with Gasteiger partial charge in [0.15, 0.2) is 0 Å². The van der Waals surface area contributed by atoms with Gasteiger partial charge in [-0.05, 0) is 80.7 Å². The second kappa shape index (κ2) is 10.2. The van der Waals surface area contributed by atoms with E-state index in [1.165, 1.54) is 5.56 Å². The van der Waals surface area contributed by atoms with Crippen LogP contribution in [0.15, 0.2) is 36.5 Å². The molecule has 1 aromatic heterocycles. The van der Waals surface area contributed by atoms with Crippen LogP contribution in [0.4, 0.5) is 5.69 Å². The Morgan fingerprint density at radius 2 is 1.86 bits per heavy atom. The highest BCUT2D eigenvalue weighted by Gasteiger charge is 2.37. The first-order valence-electron chi connectivity index (χ1n) is 13.4. The van der Waals surface area contributed by atoms with E-state index >= 15 is 0 Å². The molecule has 2 aromatic rings. The van der Waals surface area contributed by atoms with Crippen molar-refractivity contribution in [2.75, 3.05) is 18.5 Å².